The Balaban J connectivity index is 4.69. The van der Waals surface area contributed by atoms with Gasteiger partial charge in [0.2, 0.25) is 0 Å². The van der Waals surface area contributed by atoms with Gasteiger partial charge in [0.1, 0.15) is 5.83 Å². The van der Waals surface area contributed by atoms with Crippen LogP contribution in [0.5, 0.6) is 0 Å². The molecule has 0 aliphatic heterocycles. The van der Waals surface area contributed by atoms with Gasteiger partial charge in [-0.25, -0.2) is 4.39 Å². The van der Waals surface area contributed by atoms with Gasteiger partial charge in [-0.3, -0.25) is 0 Å². The van der Waals surface area contributed by atoms with E-state index in [1.54, 1.807) is 0 Å². The Morgan fingerprint density at radius 1 is 1.00 bits per heavy atom. The van der Waals surface area contributed by atoms with Crippen LogP contribution in [0.1, 0.15) is 59.8 Å². The molecule has 0 aromatic rings. The third-order valence-electron chi connectivity index (χ3n) is 2.44. The van der Waals surface area contributed by atoms with E-state index in [0.717, 1.165) is 31.3 Å². The highest BCUT2D eigenvalue weighted by molar-refractivity contribution is 5.26. The first-order valence-electron chi connectivity index (χ1n) is 5.76. The van der Waals surface area contributed by atoms with Crippen LogP contribution in [0.3, 0.4) is 0 Å². The maximum absolute atomic E-state index is 13.4. The molecular weight excluding hydrogens is 175 g/mol. The predicted molar refractivity (Wildman–Crippen MR) is 62.0 cm³/mol. The lowest BCUT2D eigenvalue weighted by Crippen LogP contribution is -1.87. The van der Waals surface area contributed by atoms with Gasteiger partial charge in [0.25, 0.3) is 0 Å². The highest BCUT2D eigenvalue weighted by Gasteiger charge is 2.01. The number of halogens is 1. The minimum absolute atomic E-state index is 0.0505. The Morgan fingerprint density at radius 2 is 1.64 bits per heavy atom. The van der Waals surface area contributed by atoms with E-state index >= 15 is 0 Å². The van der Waals surface area contributed by atoms with Crippen molar-refractivity contribution < 1.29 is 4.39 Å². The molecule has 0 radical (unpaired) electrons. The number of hydrogen-bond donors (Lipinski definition) is 0. The van der Waals surface area contributed by atoms with Gasteiger partial charge < -0.3 is 0 Å². The van der Waals surface area contributed by atoms with Gasteiger partial charge in [0.05, 0.1) is 0 Å². The summed E-state index contributed by atoms with van der Waals surface area (Å²) in [7, 11) is 0. The molecule has 0 aliphatic rings. The van der Waals surface area contributed by atoms with E-state index < -0.39 is 0 Å². The van der Waals surface area contributed by atoms with Crippen molar-refractivity contribution in [2.45, 2.75) is 59.8 Å². The molecule has 0 aliphatic carbocycles. The van der Waals surface area contributed by atoms with Gasteiger partial charge in [-0.1, -0.05) is 45.8 Å². The fraction of sp³-hybridized carbons (Fsp3) is 0.692. The Bertz CT molecular complexity index is 211. The van der Waals surface area contributed by atoms with Crippen LogP contribution >= 0.6 is 0 Å². The fourth-order valence-corrected chi connectivity index (χ4v) is 1.52. The molecule has 0 saturated carbocycles. The molecule has 0 aromatic carbocycles. The topological polar surface area (TPSA) is 0 Å². The molecule has 0 heterocycles. The first-order chi connectivity index (χ1) is 6.69. The third-order valence-corrected chi connectivity index (χ3v) is 2.44. The molecule has 1 heteroatoms. The molecule has 82 valence electrons. The quantitative estimate of drug-likeness (QED) is 0.517. The summed E-state index contributed by atoms with van der Waals surface area (Å²) >= 11 is 0. The number of rotatable bonds is 6. The molecule has 0 bridgehead atoms. The lowest BCUT2D eigenvalue weighted by atomic mass is 10.0. The van der Waals surface area contributed by atoms with Crippen molar-refractivity contribution in [1.29, 1.82) is 0 Å². The molecule has 0 saturated heterocycles. The minimum atomic E-state index is 0.0505. The predicted octanol–water partition coefficient (Wildman–Crippen LogP) is 5.17. The summed E-state index contributed by atoms with van der Waals surface area (Å²) in [4.78, 5) is 0. The summed E-state index contributed by atoms with van der Waals surface area (Å²) in [6, 6.07) is 0. The maximum atomic E-state index is 13.4. The van der Waals surface area contributed by atoms with E-state index in [2.05, 4.69) is 19.9 Å². The molecule has 0 unspecified atom stereocenters. The fourth-order valence-electron chi connectivity index (χ4n) is 1.52. The van der Waals surface area contributed by atoms with E-state index in [-0.39, 0.29) is 5.83 Å². The van der Waals surface area contributed by atoms with Crippen molar-refractivity contribution in [3.8, 4) is 0 Å². The van der Waals surface area contributed by atoms with Crippen LogP contribution in [0, 0.1) is 0 Å². The van der Waals surface area contributed by atoms with E-state index in [1.165, 1.54) is 5.57 Å². The average molecular weight is 198 g/mol. The van der Waals surface area contributed by atoms with Crippen LogP contribution < -0.4 is 0 Å². The zero-order valence-corrected chi connectivity index (χ0v) is 9.99. The van der Waals surface area contributed by atoms with Gasteiger partial charge in [-0.05, 0) is 31.3 Å². The molecule has 0 N–H and O–H groups in total. The largest absolute Gasteiger partial charge is 0.212 e. The van der Waals surface area contributed by atoms with E-state index in [4.69, 9.17) is 0 Å². The number of hydrogen-bond acceptors (Lipinski definition) is 0. The summed E-state index contributed by atoms with van der Waals surface area (Å²) in [5.74, 6) is 0.0505. The molecule has 0 nitrogen and oxygen atoms in total. The number of allylic oxidation sites excluding steroid dienone is 4. The van der Waals surface area contributed by atoms with Gasteiger partial charge in [0, 0.05) is 0 Å². The molecular formula is C13H23F. The third kappa shape index (κ3) is 4.59. The van der Waals surface area contributed by atoms with E-state index in [0.29, 0.717) is 6.42 Å². The Labute approximate surface area is 87.9 Å². The van der Waals surface area contributed by atoms with Crippen molar-refractivity contribution in [2.24, 2.45) is 0 Å². The van der Waals surface area contributed by atoms with Crippen LogP contribution in [-0.4, -0.2) is 0 Å². The molecule has 0 aromatic heterocycles. The highest BCUT2D eigenvalue weighted by Crippen LogP contribution is 2.19. The monoisotopic (exact) mass is 198 g/mol. The van der Waals surface area contributed by atoms with Crippen LogP contribution in [-0.2, 0) is 0 Å². The van der Waals surface area contributed by atoms with Crippen LogP contribution in [0.2, 0.25) is 0 Å². The van der Waals surface area contributed by atoms with Crippen molar-refractivity contribution in [3.05, 3.63) is 23.0 Å². The zero-order chi connectivity index (χ0) is 11.0. The lowest BCUT2D eigenvalue weighted by molar-refractivity contribution is 0.590. The summed E-state index contributed by atoms with van der Waals surface area (Å²) in [5, 5.41) is 0. The molecule has 0 spiro atoms. The zero-order valence-electron chi connectivity index (χ0n) is 9.99. The second-order valence-electron chi connectivity index (χ2n) is 3.54. The van der Waals surface area contributed by atoms with Crippen molar-refractivity contribution in [3.63, 3.8) is 0 Å². The van der Waals surface area contributed by atoms with E-state index in [1.807, 2.05) is 13.8 Å². The Hall–Kier alpha value is -0.590. The van der Waals surface area contributed by atoms with Gasteiger partial charge in [0.15, 0.2) is 0 Å². The maximum Gasteiger partial charge on any atom is 0.103 e. The van der Waals surface area contributed by atoms with Crippen LogP contribution in [0.15, 0.2) is 23.0 Å². The Kier molecular flexibility index (Phi) is 7.45. The summed E-state index contributed by atoms with van der Waals surface area (Å²) in [6.45, 7) is 8.18. The Morgan fingerprint density at radius 3 is 2.00 bits per heavy atom. The second-order valence-corrected chi connectivity index (χ2v) is 3.54. The second kappa shape index (κ2) is 7.78. The summed E-state index contributed by atoms with van der Waals surface area (Å²) in [6.07, 6.45) is 6.65. The smallest absolute Gasteiger partial charge is 0.103 e. The SMILES string of the molecule is CCC/C(=C/C(CC)=C(/F)CC)CC. The molecule has 14 heavy (non-hydrogen) atoms. The lowest BCUT2D eigenvalue weighted by Gasteiger charge is -2.05. The van der Waals surface area contributed by atoms with Gasteiger partial charge in [-0.2, -0.15) is 0 Å². The molecule has 0 rings (SSSR count). The normalized spacial score (nSPS) is 14.2. The highest BCUT2D eigenvalue weighted by atomic mass is 19.1. The molecule has 0 fully saturated rings. The first-order valence-corrected chi connectivity index (χ1v) is 5.76. The molecule has 0 amide bonds. The van der Waals surface area contributed by atoms with Gasteiger partial charge in [-0.15, -0.1) is 0 Å². The van der Waals surface area contributed by atoms with Crippen LogP contribution in [0.4, 0.5) is 4.39 Å². The van der Waals surface area contributed by atoms with E-state index in [9.17, 15) is 4.39 Å². The van der Waals surface area contributed by atoms with Crippen molar-refractivity contribution in [1.82, 2.24) is 0 Å². The summed E-state index contributed by atoms with van der Waals surface area (Å²) in [5.41, 5.74) is 2.26. The van der Waals surface area contributed by atoms with Crippen molar-refractivity contribution >= 4 is 0 Å². The molecule has 0 atom stereocenters. The minimum Gasteiger partial charge on any atom is -0.212 e. The summed E-state index contributed by atoms with van der Waals surface area (Å²) < 4.78 is 13.4. The van der Waals surface area contributed by atoms with Crippen LogP contribution in [0.25, 0.3) is 0 Å². The first kappa shape index (κ1) is 13.4. The van der Waals surface area contributed by atoms with Crippen molar-refractivity contribution in [2.75, 3.05) is 0 Å². The standard InChI is InChI=1S/C13H23F/c1-5-9-11(6-2)10-12(7-3)13(14)8-4/h10H,5-9H2,1-4H3/b11-10+,13-12+. The van der Waals surface area contributed by atoms with Gasteiger partial charge >= 0.3 is 0 Å². The average Bonchev–Trinajstić information content (AvgIpc) is 2.23.